The Balaban J connectivity index is 2.06. The van der Waals surface area contributed by atoms with Crippen molar-refractivity contribution in [1.29, 1.82) is 0 Å². The van der Waals surface area contributed by atoms with Gasteiger partial charge in [0.05, 0.1) is 30.2 Å². The summed E-state index contributed by atoms with van der Waals surface area (Å²) in [6, 6.07) is 8.28. The van der Waals surface area contributed by atoms with Crippen LogP contribution in [-0.2, 0) is 11.4 Å². The molecule has 0 saturated carbocycles. The SMILES string of the molecule is CONC=CCCn1cnc2c(C(C)C)nc3ccccc3c21. The van der Waals surface area contributed by atoms with Crippen LogP contribution in [0.1, 0.15) is 31.9 Å². The summed E-state index contributed by atoms with van der Waals surface area (Å²) < 4.78 is 2.21. The molecular formula is C18H22N4O. The van der Waals surface area contributed by atoms with Crippen molar-refractivity contribution >= 4 is 21.9 Å². The number of aromatic nitrogens is 3. The van der Waals surface area contributed by atoms with Crippen molar-refractivity contribution in [3.63, 3.8) is 0 Å². The number of rotatable bonds is 6. The van der Waals surface area contributed by atoms with Crippen LogP contribution in [-0.4, -0.2) is 21.6 Å². The molecule has 0 aliphatic rings. The number of hydroxylamine groups is 1. The topological polar surface area (TPSA) is 52.0 Å². The van der Waals surface area contributed by atoms with E-state index in [1.165, 1.54) is 5.52 Å². The van der Waals surface area contributed by atoms with Gasteiger partial charge < -0.3 is 4.57 Å². The molecule has 3 aromatic rings. The molecule has 5 nitrogen and oxygen atoms in total. The van der Waals surface area contributed by atoms with Gasteiger partial charge in [0, 0.05) is 18.1 Å². The zero-order valence-corrected chi connectivity index (χ0v) is 13.8. The first kappa shape index (κ1) is 15.5. The van der Waals surface area contributed by atoms with Crippen molar-refractivity contribution in [2.75, 3.05) is 7.11 Å². The fraction of sp³-hybridized carbons (Fsp3) is 0.333. The third kappa shape index (κ3) is 3.05. The Morgan fingerprint density at radius 1 is 1.30 bits per heavy atom. The van der Waals surface area contributed by atoms with E-state index in [2.05, 4.69) is 47.1 Å². The Bertz CT molecular complexity index is 836. The Kier molecular flexibility index (Phi) is 4.57. The summed E-state index contributed by atoms with van der Waals surface area (Å²) >= 11 is 0. The van der Waals surface area contributed by atoms with Gasteiger partial charge in [0.1, 0.15) is 5.52 Å². The summed E-state index contributed by atoms with van der Waals surface area (Å²) in [7, 11) is 1.60. The Morgan fingerprint density at radius 2 is 2.13 bits per heavy atom. The van der Waals surface area contributed by atoms with Gasteiger partial charge in [-0.25, -0.2) is 4.98 Å². The van der Waals surface area contributed by atoms with Gasteiger partial charge in [-0.3, -0.25) is 15.3 Å². The number of para-hydroxylation sites is 1. The van der Waals surface area contributed by atoms with Crippen LogP contribution < -0.4 is 5.48 Å². The predicted molar refractivity (Wildman–Crippen MR) is 93.0 cm³/mol. The number of imidazole rings is 1. The van der Waals surface area contributed by atoms with E-state index in [1.807, 2.05) is 18.5 Å². The lowest BCUT2D eigenvalue weighted by Gasteiger charge is -2.10. The standard InChI is InChI=1S/C18H22N4O/c1-13(2)16-17-18(14-8-4-5-9-15(14)21-16)22(12-19-17)11-7-6-10-20-23-3/h4-6,8-10,12-13,20H,7,11H2,1-3H3. The normalized spacial score (nSPS) is 12.0. The van der Waals surface area contributed by atoms with E-state index in [0.29, 0.717) is 5.92 Å². The van der Waals surface area contributed by atoms with Gasteiger partial charge in [0.25, 0.3) is 0 Å². The molecule has 5 heteroatoms. The number of benzene rings is 1. The minimum Gasteiger partial charge on any atom is -0.330 e. The predicted octanol–water partition coefficient (Wildman–Crippen LogP) is 3.76. The maximum absolute atomic E-state index is 4.82. The van der Waals surface area contributed by atoms with E-state index in [9.17, 15) is 0 Å². The summed E-state index contributed by atoms with van der Waals surface area (Å²) in [6.45, 7) is 5.19. The van der Waals surface area contributed by atoms with Gasteiger partial charge in [-0.2, -0.15) is 0 Å². The summed E-state index contributed by atoms with van der Waals surface area (Å²) in [5, 5.41) is 1.16. The number of fused-ring (bicyclic) bond motifs is 3. The van der Waals surface area contributed by atoms with Crippen LogP contribution in [0.2, 0.25) is 0 Å². The molecule has 2 aromatic heterocycles. The number of nitrogens with zero attached hydrogens (tertiary/aromatic N) is 3. The first-order valence-electron chi connectivity index (χ1n) is 7.89. The van der Waals surface area contributed by atoms with Crippen molar-refractivity contribution in [3.8, 4) is 0 Å². The molecule has 0 amide bonds. The van der Waals surface area contributed by atoms with Crippen LogP contribution in [0.25, 0.3) is 21.9 Å². The molecule has 0 fully saturated rings. The molecule has 0 aliphatic heterocycles. The monoisotopic (exact) mass is 310 g/mol. The number of pyridine rings is 1. The third-order valence-corrected chi connectivity index (χ3v) is 3.87. The fourth-order valence-corrected chi connectivity index (χ4v) is 2.79. The van der Waals surface area contributed by atoms with Crippen molar-refractivity contribution in [1.82, 2.24) is 20.0 Å². The highest BCUT2D eigenvalue weighted by Gasteiger charge is 2.15. The Labute approximate surface area is 136 Å². The number of allylic oxidation sites excluding steroid dienone is 1. The fourth-order valence-electron chi connectivity index (χ4n) is 2.79. The molecule has 120 valence electrons. The van der Waals surface area contributed by atoms with Gasteiger partial charge in [-0.1, -0.05) is 38.1 Å². The van der Waals surface area contributed by atoms with Crippen LogP contribution >= 0.6 is 0 Å². The summed E-state index contributed by atoms with van der Waals surface area (Å²) in [4.78, 5) is 14.2. The van der Waals surface area contributed by atoms with Gasteiger partial charge in [-0.05, 0) is 18.4 Å². The highest BCUT2D eigenvalue weighted by Crippen LogP contribution is 2.29. The highest BCUT2D eigenvalue weighted by atomic mass is 16.6. The highest BCUT2D eigenvalue weighted by molar-refractivity contribution is 6.03. The molecule has 0 saturated heterocycles. The van der Waals surface area contributed by atoms with E-state index in [1.54, 1.807) is 13.3 Å². The van der Waals surface area contributed by atoms with Gasteiger partial charge >= 0.3 is 0 Å². The minimum absolute atomic E-state index is 0.344. The third-order valence-electron chi connectivity index (χ3n) is 3.87. The molecule has 0 spiro atoms. The molecule has 1 N–H and O–H groups in total. The van der Waals surface area contributed by atoms with Crippen molar-refractivity contribution in [2.45, 2.75) is 32.7 Å². The maximum atomic E-state index is 4.82. The zero-order chi connectivity index (χ0) is 16.2. The van der Waals surface area contributed by atoms with E-state index in [4.69, 9.17) is 9.82 Å². The second-order valence-electron chi connectivity index (χ2n) is 5.82. The molecule has 0 bridgehead atoms. The number of hydrogen-bond donors (Lipinski definition) is 1. The lowest BCUT2D eigenvalue weighted by atomic mass is 10.1. The van der Waals surface area contributed by atoms with Crippen LogP contribution in [0.3, 0.4) is 0 Å². The molecule has 0 unspecified atom stereocenters. The van der Waals surface area contributed by atoms with Crippen LogP contribution in [0.5, 0.6) is 0 Å². The molecule has 3 rings (SSSR count). The second-order valence-corrected chi connectivity index (χ2v) is 5.82. The van der Waals surface area contributed by atoms with Crippen molar-refractivity contribution in [3.05, 3.63) is 48.6 Å². The summed E-state index contributed by atoms with van der Waals surface area (Å²) in [5.74, 6) is 0.344. The van der Waals surface area contributed by atoms with Crippen LogP contribution in [0.4, 0.5) is 0 Å². The molecular weight excluding hydrogens is 288 g/mol. The Morgan fingerprint density at radius 3 is 2.91 bits per heavy atom. The first-order valence-corrected chi connectivity index (χ1v) is 7.89. The average Bonchev–Trinajstić information content (AvgIpc) is 2.98. The molecule has 1 aromatic carbocycles. The van der Waals surface area contributed by atoms with E-state index >= 15 is 0 Å². The average molecular weight is 310 g/mol. The number of aryl methyl sites for hydroxylation is 1. The van der Waals surface area contributed by atoms with Gasteiger partial charge in [-0.15, -0.1) is 0 Å². The first-order chi connectivity index (χ1) is 11.2. The molecule has 23 heavy (non-hydrogen) atoms. The van der Waals surface area contributed by atoms with E-state index in [0.717, 1.165) is 35.1 Å². The lowest BCUT2D eigenvalue weighted by molar-refractivity contribution is 0.128. The summed E-state index contributed by atoms with van der Waals surface area (Å²) in [6.07, 6.45) is 6.66. The van der Waals surface area contributed by atoms with Crippen LogP contribution in [0.15, 0.2) is 42.9 Å². The van der Waals surface area contributed by atoms with Gasteiger partial charge in [0.15, 0.2) is 0 Å². The molecule has 0 radical (unpaired) electrons. The van der Waals surface area contributed by atoms with E-state index < -0.39 is 0 Å². The zero-order valence-electron chi connectivity index (χ0n) is 13.8. The quantitative estimate of drug-likeness (QED) is 0.704. The summed E-state index contributed by atoms with van der Waals surface area (Å²) in [5.41, 5.74) is 6.98. The molecule has 0 aliphatic carbocycles. The lowest BCUT2D eigenvalue weighted by Crippen LogP contribution is -2.01. The van der Waals surface area contributed by atoms with Crippen molar-refractivity contribution < 1.29 is 4.84 Å². The second kappa shape index (κ2) is 6.79. The van der Waals surface area contributed by atoms with Gasteiger partial charge in [0.2, 0.25) is 0 Å². The number of hydrogen-bond acceptors (Lipinski definition) is 4. The number of nitrogens with one attached hydrogen (secondary N) is 1. The smallest absolute Gasteiger partial charge is 0.111 e. The van der Waals surface area contributed by atoms with Crippen molar-refractivity contribution in [2.24, 2.45) is 0 Å². The van der Waals surface area contributed by atoms with Crippen LogP contribution in [0, 0.1) is 0 Å². The Hall–Kier alpha value is -2.40. The molecule has 0 atom stereocenters. The van der Waals surface area contributed by atoms with E-state index in [-0.39, 0.29) is 0 Å². The molecule has 2 heterocycles. The largest absolute Gasteiger partial charge is 0.330 e. The maximum Gasteiger partial charge on any atom is 0.111 e. The minimum atomic E-state index is 0.344.